The Morgan fingerprint density at radius 2 is 1.77 bits per heavy atom. The molecule has 4 nitrogen and oxygen atoms in total. The topological polar surface area (TPSA) is 32.8 Å². The molecule has 0 radical (unpaired) electrons. The van der Waals surface area contributed by atoms with Gasteiger partial charge in [0.05, 0.1) is 6.61 Å². The van der Waals surface area contributed by atoms with Crippen molar-refractivity contribution in [2.24, 2.45) is 0 Å². The van der Waals surface area contributed by atoms with Crippen LogP contribution in [0.25, 0.3) is 0 Å². The second kappa shape index (κ2) is 8.27. The number of amides is 1. The fourth-order valence-corrected chi connectivity index (χ4v) is 3.09. The fraction of sp³-hybridized carbons (Fsp3) is 0.350. The monoisotopic (exact) mass is 360 g/mol. The van der Waals surface area contributed by atoms with Crippen molar-refractivity contribution in [3.8, 4) is 5.75 Å². The molecule has 2 aromatic carbocycles. The van der Waals surface area contributed by atoms with E-state index in [1.807, 2.05) is 31.2 Å². The first-order valence-electron chi connectivity index (χ1n) is 8.76. The van der Waals surface area contributed by atoms with Crippen LogP contribution in [0, 0.1) is 11.6 Å². The molecule has 0 bridgehead atoms. The molecule has 1 fully saturated rings. The lowest BCUT2D eigenvalue weighted by atomic mass is 10.1. The van der Waals surface area contributed by atoms with E-state index in [2.05, 4.69) is 4.90 Å². The number of carbonyl (C=O) groups is 1. The van der Waals surface area contributed by atoms with Crippen LogP contribution in [-0.4, -0.2) is 48.5 Å². The Hall–Kier alpha value is -2.47. The highest BCUT2D eigenvalue weighted by molar-refractivity contribution is 5.94. The van der Waals surface area contributed by atoms with Gasteiger partial charge in [0.1, 0.15) is 5.75 Å². The normalized spacial score (nSPS) is 15.1. The summed E-state index contributed by atoms with van der Waals surface area (Å²) < 4.78 is 32.0. The number of piperazine rings is 1. The minimum Gasteiger partial charge on any atom is -0.494 e. The summed E-state index contributed by atoms with van der Waals surface area (Å²) in [5, 5.41) is 0. The van der Waals surface area contributed by atoms with Gasteiger partial charge in [-0.15, -0.1) is 0 Å². The van der Waals surface area contributed by atoms with Crippen molar-refractivity contribution in [3.05, 3.63) is 65.2 Å². The van der Waals surface area contributed by atoms with E-state index in [4.69, 9.17) is 4.74 Å². The second-order valence-electron chi connectivity index (χ2n) is 6.24. The largest absolute Gasteiger partial charge is 0.494 e. The SMILES string of the molecule is CCOc1ccccc1CN1CCN(C(=O)c2ccc(F)c(F)c2)CC1. The molecular formula is C20H22F2N2O2. The number of nitrogens with zero attached hydrogens (tertiary/aromatic N) is 2. The highest BCUT2D eigenvalue weighted by Crippen LogP contribution is 2.21. The van der Waals surface area contributed by atoms with Gasteiger partial charge in [-0.05, 0) is 31.2 Å². The lowest BCUT2D eigenvalue weighted by Crippen LogP contribution is -2.48. The molecule has 1 aliphatic heterocycles. The second-order valence-corrected chi connectivity index (χ2v) is 6.24. The summed E-state index contributed by atoms with van der Waals surface area (Å²) >= 11 is 0. The van der Waals surface area contributed by atoms with Gasteiger partial charge >= 0.3 is 0 Å². The van der Waals surface area contributed by atoms with Crippen LogP contribution in [0.1, 0.15) is 22.8 Å². The zero-order valence-electron chi connectivity index (χ0n) is 14.8. The lowest BCUT2D eigenvalue weighted by molar-refractivity contribution is 0.0626. The van der Waals surface area contributed by atoms with Crippen molar-refractivity contribution >= 4 is 5.91 Å². The molecule has 1 heterocycles. The Balaban J connectivity index is 1.59. The first-order valence-corrected chi connectivity index (χ1v) is 8.76. The molecule has 0 aromatic heterocycles. The van der Waals surface area contributed by atoms with Gasteiger partial charge in [-0.3, -0.25) is 9.69 Å². The standard InChI is InChI=1S/C20H22F2N2O2/c1-2-26-19-6-4-3-5-16(19)14-23-9-11-24(12-10-23)20(25)15-7-8-17(21)18(22)13-15/h3-8,13H,2,9-12,14H2,1H3. The van der Waals surface area contributed by atoms with Gasteiger partial charge in [0.25, 0.3) is 5.91 Å². The Kier molecular flexibility index (Phi) is 5.83. The van der Waals surface area contributed by atoms with Crippen molar-refractivity contribution in [3.63, 3.8) is 0 Å². The number of para-hydroxylation sites is 1. The molecule has 0 N–H and O–H groups in total. The van der Waals surface area contributed by atoms with Crippen LogP contribution in [0.3, 0.4) is 0 Å². The summed E-state index contributed by atoms with van der Waals surface area (Å²) in [5.74, 6) is -1.32. The summed E-state index contributed by atoms with van der Waals surface area (Å²) in [7, 11) is 0. The summed E-state index contributed by atoms with van der Waals surface area (Å²) in [4.78, 5) is 16.4. The number of carbonyl (C=O) groups excluding carboxylic acids is 1. The van der Waals surface area contributed by atoms with Gasteiger partial charge in [-0.2, -0.15) is 0 Å². The minimum atomic E-state index is -0.998. The molecule has 138 valence electrons. The number of ether oxygens (including phenoxy) is 1. The average molecular weight is 360 g/mol. The maximum atomic E-state index is 13.3. The molecule has 0 saturated carbocycles. The average Bonchev–Trinajstić information content (AvgIpc) is 2.66. The quantitative estimate of drug-likeness (QED) is 0.820. The van der Waals surface area contributed by atoms with Gasteiger partial charge in [-0.1, -0.05) is 18.2 Å². The van der Waals surface area contributed by atoms with E-state index in [1.165, 1.54) is 6.07 Å². The zero-order chi connectivity index (χ0) is 18.5. The Morgan fingerprint density at radius 1 is 1.04 bits per heavy atom. The first-order chi connectivity index (χ1) is 12.6. The summed E-state index contributed by atoms with van der Waals surface area (Å²) in [6, 6.07) is 11.2. The van der Waals surface area contributed by atoms with E-state index in [-0.39, 0.29) is 11.5 Å². The molecule has 1 saturated heterocycles. The predicted octanol–water partition coefficient (Wildman–Crippen LogP) is 3.32. The highest BCUT2D eigenvalue weighted by Gasteiger charge is 2.23. The van der Waals surface area contributed by atoms with Gasteiger partial charge in [0.15, 0.2) is 11.6 Å². The summed E-state index contributed by atoms with van der Waals surface area (Å²) in [6.07, 6.45) is 0. The van der Waals surface area contributed by atoms with Gasteiger partial charge in [-0.25, -0.2) is 8.78 Å². The smallest absolute Gasteiger partial charge is 0.254 e. The molecule has 3 rings (SSSR count). The van der Waals surface area contributed by atoms with Crippen LogP contribution in [0.15, 0.2) is 42.5 Å². The molecule has 0 atom stereocenters. The molecule has 0 spiro atoms. The lowest BCUT2D eigenvalue weighted by Gasteiger charge is -2.35. The van der Waals surface area contributed by atoms with E-state index in [9.17, 15) is 13.6 Å². The predicted molar refractivity (Wildman–Crippen MR) is 95.1 cm³/mol. The van der Waals surface area contributed by atoms with Crippen LogP contribution < -0.4 is 4.74 Å². The zero-order valence-corrected chi connectivity index (χ0v) is 14.8. The Morgan fingerprint density at radius 3 is 2.46 bits per heavy atom. The number of benzene rings is 2. The van der Waals surface area contributed by atoms with Crippen LogP contribution in [0.2, 0.25) is 0 Å². The van der Waals surface area contributed by atoms with Crippen LogP contribution in [0.5, 0.6) is 5.75 Å². The summed E-state index contributed by atoms with van der Waals surface area (Å²) in [5.41, 5.74) is 1.30. The Bertz CT molecular complexity index is 774. The van der Waals surface area contributed by atoms with E-state index < -0.39 is 11.6 Å². The molecule has 6 heteroatoms. The van der Waals surface area contributed by atoms with Crippen molar-refractivity contribution in [2.45, 2.75) is 13.5 Å². The van der Waals surface area contributed by atoms with Crippen LogP contribution in [-0.2, 0) is 6.54 Å². The van der Waals surface area contributed by atoms with Crippen molar-refractivity contribution in [1.82, 2.24) is 9.80 Å². The molecule has 2 aromatic rings. The van der Waals surface area contributed by atoms with Crippen molar-refractivity contribution < 1.29 is 18.3 Å². The third-order valence-corrected chi connectivity index (χ3v) is 4.49. The van der Waals surface area contributed by atoms with E-state index in [1.54, 1.807) is 4.90 Å². The Labute approximate surface area is 152 Å². The van der Waals surface area contributed by atoms with Gasteiger partial charge < -0.3 is 9.64 Å². The maximum Gasteiger partial charge on any atom is 0.254 e. The first kappa shape index (κ1) is 18.3. The maximum absolute atomic E-state index is 13.3. The highest BCUT2D eigenvalue weighted by atomic mass is 19.2. The number of hydrogen-bond donors (Lipinski definition) is 0. The number of rotatable bonds is 5. The van der Waals surface area contributed by atoms with E-state index in [0.29, 0.717) is 19.7 Å². The van der Waals surface area contributed by atoms with E-state index >= 15 is 0 Å². The van der Waals surface area contributed by atoms with Gasteiger partial charge in [0, 0.05) is 43.9 Å². The fourth-order valence-electron chi connectivity index (χ4n) is 3.09. The van der Waals surface area contributed by atoms with Crippen molar-refractivity contribution in [2.75, 3.05) is 32.8 Å². The van der Waals surface area contributed by atoms with E-state index in [0.717, 1.165) is 43.1 Å². The summed E-state index contributed by atoms with van der Waals surface area (Å²) in [6.45, 7) is 5.87. The number of halogens is 2. The molecule has 0 unspecified atom stereocenters. The third-order valence-electron chi connectivity index (χ3n) is 4.49. The number of hydrogen-bond acceptors (Lipinski definition) is 3. The molecule has 26 heavy (non-hydrogen) atoms. The van der Waals surface area contributed by atoms with Crippen LogP contribution >= 0.6 is 0 Å². The van der Waals surface area contributed by atoms with Gasteiger partial charge in [0.2, 0.25) is 0 Å². The minimum absolute atomic E-state index is 0.180. The molecule has 1 aliphatic rings. The van der Waals surface area contributed by atoms with Crippen molar-refractivity contribution in [1.29, 1.82) is 0 Å². The molecule has 1 amide bonds. The molecule has 0 aliphatic carbocycles. The third kappa shape index (κ3) is 4.19. The van der Waals surface area contributed by atoms with Crippen LogP contribution in [0.4, 0.5) is 8.78 Å². The molecular weight excluding hydrogens is 338 g/mol.